The highest BCUT2D eigenvalue weighted by molar-refractivity contribution is 6.04. The molecule has 8 heteroatoms. The highest BCUT2D eigenvalue weighted by atomic mass is 16.8. The van der Waals surface area contributed by atoms with Crippen molar-refractivity contribution < 1.29 is 19.0 Å². The Hall–Kier alpha value is -2.81. The predicted octanol–water partition coefficient (Wildman–Crippen LogP) is 1.39. The van der Waals surface area contributed by atoms with E-state index < -0.39 is 41.6 Å². The molecule has 0 aliphatic carbocycles. The van der Waals surface area contributed by atoms with Gasteiger partial charge in [0, 0.05) is 17.8 Å². The van der Waals surface area contributed by atoms with Crippen LogP contribution in [0.4, 0.5) is 0 Å². The van der Waals surface area contributed by atoms with Crippen LogP contribution in [0.25, 0.3) is 0 Å². The minimum Gasteiger partial charge on any atom is -0.345 e. The molecular formula is C20H20N2O6. The summed E-state index contributed by atoms with van der Waals surface area (Å²) < 4.78 is 19.1. The molecule has 2 saturated heterocycles. The minimum atomic E-state index is -0.862. The second-order valence-corrected chi connectivity index (χ2v) is 7.16. The third kappa shape index (κ3) is 3.49. The van der Waals surface area contributed by atoms with Crippen LogP contribution in [0.3, 0.4) is 0 Å². The molecule has 146 valence electrons. The van der Waals surface area contributed by atoms with Gasteiger partial charge in [-0.05, 0) is 26.0 Å². The van der Waals surface area contributed by atoms with Gasteiger partial charge in [0.25, 0.3) is 5.56 Å². The van der Waals surface area contributed by atoms with Crippen LogP contribution in [0.5, 0.6) is 0 Å². The summed E-state index contributed by atoms with van der Waals surface area (Å²) in [4.78, 5) is 38.1. The maximum Gasteiger partial charge on any atom is 0.330 e. The Balaban J connectivity index is 1.62. The van der Waals surface area contributed by atoms with Crippen LogP contribution in [0.2, 0.25) is 0 Å². The molecule has 4 rings (SSSR count). The van der Waals surface area contributed by atoms with Crippen molar-refractivity contribution in [1.82, 2.24) is 9.55 Å². The van der Waals surface area contributed by atoms with Gasteiger partial charge in [0.1, 0.15) is 18.3 Å². The van der Waals surface area contributed by atoms with E-state index in [0.29, 0.717) is 5.56 Å². The lowest BCUT2D eigenvalue weighted by molar-refractivity contribution is -0.192. The first-order valence-corrected chi connectivity index (χ1v) is 8.94. The zero-order chi connectivity index (χ0) is 19.9. The first-order chi connectivity index (χ1) is 13.3. The fourth-order valence-electron chi connectivity index (χ4n) is 3.49. The van der Waals surface area contributed by atoms with Gasteiger partial charge in [-0.15, -0.1) is 0 Å². The lowest BCUT2D eigenvalue weighted by Crippen LogP contribution is -2.37. The number of ether oxygens (including phenoxy) is 3. The van der Waals surface area contributed by atoms with Gasteiger partial charge in [-0.25, -0.2) is 4.79 Å². The fourth-order valence-corrected chi connectivity index (χ4v) is 3.49. The van der Waals surface area contributed by atoms with E-state index in [2.05, 4.69) is 4.98 Å². The molecule has 0 unspecified atom stereocenters. The van der Waals surface area contributed by atoms with Gasteiger partial charge in [0.05, 0.1) is 0 Å². The summed E-state index contributed by atoms with van der Waals surface area (Å²) in [5.41, 5.74) is -0.537. The normalized spacial score (nSPS) is 28.5. The average Bonchev–Trinajstić information content (AvgIpc) is 3.14. The SMILES string of the molecule is CC1(C)O[C@@H]2[C@H](O1)[C@H](/C=C\C(=O)c1ccccc1)O[C@@H]2n1ccc(=O)[nH]c1=O. The molecule has 2 aliphatic rings. The topological polar surface area (TPSA) is 99.6 Å². The van der Waals surface area contributed by atoms with Crippen molar-refractivity contribution in [3.8, 4) is 0 Å². The van der Waals surface area contributed by atoms with Crippen molar-refractivity contribution in [3.63, 3.8) is 0 Å². The summed E-state index contributed by atoms with van der Waals surface area (Å²) in [5, 5.41) is 0. The second-order valence-electron chi connectivity index (χ2n) is 7.16. The van der Waals surface area contributed by atoms with Crippen LogP contribution in [-0.4, -0.2) is 39.4 Å². The van der Waals surface area contributed by atoms with Crippen molar-refractivity contribution >= 4 is 5.78 Å². The lowest BCUT2D eigenvalue weighted by Gasteiger charge is -2.24. The molecular weight excluding hydrogens is 364 g/mol. The number of carbonyl (C=O) groups is 1. The summed E-state index contributed by atoms with van der Waals surface area (Å²) >= 11 is 0. The monoisotopic (exact) mass is 384 g/mol. The predicted molar refractivity (Wildman–Crippen MR) is 99.0 cm³/mol. The number of ketones is 1. The maximum absolute atomic E-state index is 12.4. The summed E-state index contributed by atoms with van der Waals surface area (Å²) in [6.07, 6.45) is 1.96. The number of nitrogens with zero attached hydrogens (tertiary/aromatic N) is 1. The van der Waals surface area contributed by atoms with Crippen molar-refractivity contribution in [3.05, 3.63) is 81.1 Å². The van der Waals surface area contributed by atoms with E-state index in [-0.39, 0.29) is 5.78 Å². The number of benzene rings is 1. The zero-order valence-corrected chi connectivity index (χ0v) is 15.4. The van der Waals surface area contributed by atoms with Crippen molar-refractivity contribution in [2.75, 3.05) is 0 Å². The zero-order valence-electron chi connectivity index (χ0n) is 15.4. The Bertz CT molecular complexity index is 1020. The second kappa shape index (κ2) is 6.97. The van der Waals surface area contributed by atoms with Crippen LogP contribution in [0, 0.1) is 0 Å². The largest absolute Gasteiger partial charge is 0.345 e. The first kappa shape index (κ1) is 18.5. The molecule has 2 fully saturated rings. The molecule has 8 nitrogen and oxygen atoms in total. The van der Waals surface area contributed by atoms with E-state index >= 15 is 0 Å². The Morgan fingerprint density at radius 1 is 1.11 bits per heavy atom. The molecule has 0 radical (unpaired) electrons. The molecule has 2 aliphatic heterocycles. The molecule has 0 saturated carbocycles. The number of nitrogens with one attached hydrogen (secondary N) is 1. The summed E-state index contributed by atoms with van der Waals surface area (Å²) in [6, 6.07) is 10.1. The molecule has 4 atom stereocenters. The summed E-state index contributed by atoms with van der Waals surface area (Å²) in [6.45, 7) is 3.54. The van der Waals surface area contributed by atoms with Gasteiger partial charge in [0.15, 0.2) is 17.8 Å². The molecule has 28 heavy (non-hydrogen) atoms. The molecule has 1 N–H and O–H groups in total. The quantitative estimate of drug-likeness (QED) is 0.632. The molecule has 2 aromatic rings. The number of aromatic amines is 1. The van der Waals surface area contributed by atoms with E-state index in [9.17, 15) is 14.4 Å². The lowest BCUT2D eigenvalue weighted by atomic mass is 10.1. The molecule has 3 heterocycles. The summed E-state index contributed by atoms with van der Waals surface area (Å²) in [7, 11) is 0. The van der Waals surface area contributed by atoms with E-state index in [1.54, 1.807) is 44.2 Å². The smallest absolute Gasteiger partial charge is 0.330 e. The third-order valence-corrected chi connectivity index (χ3v) is 4.69. The number of carbonyl (C=O) groups excluding carboxylic acids is 1. The molecule has 0 amide bonds. The number of fused-ring (bicyclic) bond motifs is 1. The highest BCUT2D eigenvalue weighted by Crippen LogP contribution is 2.42. The Morgan fingerprint density at radius 2 is 1.82 bits per heavy atom. The highest BCUT2D eigenvalue weighted by Gasteiger charge is 2.55. The summed E-state index contributed by atoms with van der Waals surface area (Å²) in [5.74, 6) is -1.03. The van der Waals surface area contributed by atoms with Gasteiger partial charge in [-0.3, -0.25) is 19.1 Å². The van der Waals surface area contributed by atoms with Gasteiger partial charge in [-0.2, -0.15) is 0 Å². The van der Waals surface area contributed by atoms with E-state index in [0.717, 1.165) is 0 Å². The van der Waals surface area contributed by atoms with Crippen LogP contribution >= 0.6 is 0 Å². The first-order valence-electron chi connectivity index (χ1n) is 8.94. The van der Waals surface area contributed by atoms with Gasteiger partial charge in [-0.1, -0.05) is 30.3 Å². The van der Waals surface area contributed by atoms with Gasteiger partial charge < -0.3 is 14.2 Å². The van der Waals surface area contributed by atoms with Crippen LogP contribution < -0.4 is 11.2 Å². The molecule has 0 bridgehead atoms. The number of allylic oxidation sites excluding steroid dienone is 1. The fraction of sp³-hybridized carbons (Fsp3) is 0.350. The van der Waals surface area contributed by atoms with Crippen LogP contribution in [0.1, 0.15) is 30.4 Å². The number of aromatic nitrogens is 2. The van der Waals surface area contributed by atoms with E-state index in [1.165, 1.54) is 22.9 Å². The standard InChI is InChI=1S/C20H20N2O6/c1-20(2)27-16-14(9-8-13(23)12-6-4-3-5-7-12)26-18(17(16)28-20)22-11-10-15(24)21-19(22)25/h3-11,14,16-18H,1-2H3,(H,21,24,25)/b9-8-/t14-,16+,17+,18-/m0/s1. The van der Waals surface area contributed by atoms with Crippen LogP contribution in [0.15, 0.2) is 64.3 Å². The molecule has 0 spiro atoms. The number of H-pyrrole nitrogens is 1. The van der Waals surface area contributed by atoms with Gasteiger partial charge in [0.2, 0.25) is 0 Å². The Labute approximate surface area is 160 Å². The van der Waals surface area contributed by atoms with Crippen molar-refractivity contribution in [2.24, 2.45) is 0 Å². The van der Waals surface area contributed by atoms with Gasteiger partial charge >= 0.3 is 5.69 Å². The van der Waals surface area contributed by atoms with E-state index in [4.69, 9.17) is 14.2 Å². The van der Waals surface area contributed by atoms with Crippen LogP contribution in [-0.2, 0) is 14.2 Å². The number of hydrogen-bond acceptors (Lipinski definition) is 6. The molecule has 1 aromatic carbocycles. The molecule has 1 aromatic heterocycles. The number of rotatable bonds is 4. The maximum atomic E-state index is 12.4. The third-order valence-electron chi connectivity index (χ3n) is 4.69. The van der Waals surface area contributed by atoms with Crippen molar-refractivity contribution in [1.29, 1.82) is 0 Å². The Morgan fingerprint density at radius 3 is 2.54 bits per heavy atom. The minimum absolute atomic E-state index is 0.163. The van der Waals surface area contributed by atoms with Crippen molar-refractivity contribution in [2.45, 2.75) is 44.2 Å². The Kier molecular flexibility index (Phi) is 4.62. The average molecular weight is 384 g/mol. The van der Waals surface area contributed by atoms with E-state index in [1.807, 2.05) is 6.07 Å². The number of hydrogen-bond donors (Lipinski definition) is 1.